The van der Waals surface area contributed by atoms with Crippen LogP contribution in [0.5, 0.6) is 0 Å². The number of piperidine rings is 2. The van der Waals surface area contributed by atoms with E-state index in [1.807, 2.05) is 6.07 Å². The number of likely N-dealkylation sites (tertiary alicyclic amines) is 2. The molecule has 1 N–H and O–H groups in total. The number of nitrogens with zero attached hydrogens (tertiary/aromatic N) is 2. The third-order valence-electron chi connectivity index (χ3n) is 5.81. The standard InChI is InChI=1S/C21H33N3O/c1-23-15-11-20(12-16-23)24-14-6-10-19(17-24)21(25)22-13-5-9-18-7-3-2-4-8-18/h2-4,7-8,19-20H,5-6,9-17H2,1H3,(H,22,25)/t19-/m1/s1. The first kappa shape index (κ1) is 18.4. The maximum atomic E-state index is 12.5. The molecule has 1 amide bonds. The molecular formula is C21H33N3O. The summed E-state index contributed by atoms with van der Waals surface area (Å²) in [6, 6.07) is 11.2. The Morgan fingerprint density at radius 3 is 2.64 bits per heavy atom. The number of hydrogen-bond donors (Lipinski definition) is 1. The summed E-state index contributed by atoms with van der Waals surface area (Å²) in [4.78, 5) is 17.5. The first-order chi connectivity index (χ1) is 12.2. The molecule has 2 saturated heterocycles. The molecule has 1 aromatic carbocycles. The molecule has 4 nitrogen and oxygen atoms in total. The predicted octanol–water partition coefficient (Wildman–Crippen LogP) is 2.54. The Kier molecular flexibility index (Phi) is 6.88. The third kappa shape index (κ3) is 5.55. The molecular weight excluding hydrogens is 310 g/mol. The monoisotopic (exact) mass is 343 g/mol. The van der Waals surface area contributed by atoms with E-state index in [2.05, 4.69) is 46.4 Å². The Morgan fingerprint density at radius 1 is 1.12 bits per heavy atom. The number of benzene rings is 1. The Labute approximate surface area is 152 Å². The number of hydrogen-bond acceptors (Lipinski definition) is 3. The highest BCUT2D eigenvalue weighted by atomic mass is 16.1. The average Bonchev–Trinajstić information content (AvgIpc) is 2.66. The minimum Gasteiger partial charge on any atom is -0.356 e. The fraction of sp³-hybridized carbons (Fsp3) is 0.667. The van der Waals surface area contributed by atoms with E-state index in [4.69, 9.17) is 0 Å². The molecule has 3 rings (SSSR count). The molecule has 0 aliphatic carbocycles. The van der Waals surface area contributed by atoms with Gasteiger partial charge in [0.1, 0.15) is 0 Å². The number of carbonyl (C=O) groups is 1. The Hall–Kier alpha value is -1.39. The van der Waals surface area contributed by atoms with Gasteiger partial charge in [0, 0.05) is 19.1 Å². The molecule has 0 bridgehead atoms. The molecule has 1 aromatic rings. The number of rotatable bonds is 6. The molecule has 4 heteroatoms. The summed E-state index contributed by atoms with van der Waals surface area (Å²) in [5.74, 6) is 0.454. The maximum Gasteiger partial charge on any atom is 0.224 e. The summed E-state index contributed by atoms with van der Waals surface area (Å²) < 4.78 is 0. The highest BCUT2D eigenvalue weighted by Gasteiger charge is 2.30. The van der Waals surface area contributed by atoms with Gasteiger partial charge in [-0.1, -0.05) is 30.3 Å². The SMILES string of the molecule is CN1CCC(N2CCC[C@@H](C(=O)NCCCc3ccccc3)C2)CC1. The number of aryl methyl sites for hydroxylation is 1. The molecule has 2 aliphatic rings. The van der Waals surface area contributed by atoms with Gasteiger partial charge in [0.2, 0.25) is 5.91 Å². The molecule has 25 heavy (non-hydrogen) atoms. The van der Waals surface area contributed by atoms with Crippen molar-refractivity contribution in [2.45, 2.75) is 44.6 Å². The van der Waals surface area contributed by atoms with Crippen LogP contribution >= 0.6 is 0 Å². The van der Waals surface area contributed by atoms with Gasteiger partial charge in [0.05, 0.1) is 5.92 Å². The van der Waals surface area contributed by atoms with Crippen LogP contribution in [0, 0.1) is 5.92 Å². The first-order valence-electron chi connectivity index (χ1n) is 9.96. The number of amides is 1. The maximum absolute atomic E-state index is 12.5. The van der Waals surface area contributed by atoms with Crippen LogP contribution in [0.4, 0.5) is 0 Å². The number of nitrogens with one attached hydrogen (secondary N) is 1. The zero-order chi connectivity index (χ0) is 17.5. The topological polar surface area (TPSA) is 35.6 Å². The highest BCUT2D eigenvalue weighted by molar-refractivity contribution is 5.78. The lowest BCUT2D eigenvalue weighted by Crippen LogP contribution is -2.50. The molecule has 1 atom stereocenters. The molecule has 0 unspecified atom stereocenters. The average molecular weight is 344 g/mol. The van der Waals surface area contributed by atoms with Gasteiger partial charge < -0.3 is 10.2 Å². The molecule has 0 radical (unpaired) electrons. The smallest absolute Gasteiger partial charge is 0.224 e. The summed E-state index contributed by atoms with van der Waals surface area (Å²) in [6.07, 6.45) is 6.76. The molecule has 2 heterocycles. The van der Waals surface area contributed by atoms with Gasteiger partial charge in [-0.15, -0.1) is 0 Å². The van der Waals surface area contributed by atoms with E-state index in [0.717, 1.165) is 38.8 Å². The van der Waals surface area contributed by atoms with E-state index in [-0.39, 0.29) is 11.8 Å². The van der Waals surface area contributed by atoms with Crippen LogP contribution in [0.25, 0.3) is 0 Å². The van der Waals surface area contributed by atoms with Crippen molar-refractivity contribution in [3.8, 4) is 0 Å². The van der Waals surface area contributed by atoms with Gasteiger partial charge in [-0.05, 0) is 70.8 Å². The minimum atomic E-state index is 0.185. The van der Waals surface area contributed by atoms with Crippen molar-refractivity contribution < 1.29 is 4.79 Å². The molecule has 2 aliphatic heterocycles. The van der Waals surface area contributed by atoms with E-state index in [0.29, 0.717) is 6.04 Å². The fourth-order valence-electron chi connectivity index (χ4n) is 4.21. The molecule has 0 saturated carbocycles. The molecule has 0 spiro atoms. The summed E-state index contributed by atoms with van der Waals surface area (Å²) >= 11 is 0. The van der Waals surface area contributed by atoms with Gasteiger partial charge in [0.15, 0.2) is 0 Å². The van der Waals surface area contributed by atoms with Gasteiger partial charge in [-0.25, -0.2) is 0 Å². The highest BCUT2D eigenvalue weighted by Crippen LogP contribution is 2.23. The first-order valence-corrected chi connectivity index (χ1v) is 9.96. The van der Waals surface area contributed by atoms with Crippen LogP contribution in [-0.2, 0) is 11.2 Å². The van der Waals surface area contributed by atoms with Crippen molar-refractivity contribution in [1.29, 1.82) is 0 Å². The quantitative estimate of drug-likeness (QED) is 0.806. The van der Waals surface area contributed by atoms with Crippen LogP contribution < -0.4 is 5.32 Å². The van der Waals surface area contributed by atoms with E-state index in [9.17, 15) is 4.79 Å². The van der Waals surface area contributed by atoms with Gasteiger partial charge >= 0.3 is 0 Å². The van der Waals surface area contributed by atoms with Gasteiger partial charge in [-0.2, -0.15) is 0 Å². The lowest BCUT2D eigenvalue weighted by Gasteiger charge is -2.41. The minimum absolute atomic E-state index is 0.185. The predicted molar refractivity (Wildman–Crippen MR) is 103 cm³/mol. The van der Waals surface area contributed by atoms with Crippen LogP contribution in [0.15, 0.2) is 30.3 Å². The van der Waals surface area contributed by atoms with Crippen molar-refractivity contribution in [3.05, 3.63) is 35.9 Å². The second kappa shape index (κ2) is 9.35. The Morgan fingerprint density at radius 2 is 1.88 bits per heavy atom. The van der Waals surface area contributed by atoms with Crippen molar-refractivity contribution in [3.63, 3.8) is 0 Å². The zero-order valence-corrected chi connectivity index (χ0v) is 15.6. The zero-order valence-electron chi connectivity index (χ0n) is 15.6. The van der Waals surface area contributed by atoms with Gasteiger partial charge in [-0.3, -0.25) is 9.69 Å². The van der Waals surface area contributed by atoms with E-state index >= 15 is 0 Å². The summed E-state index contributed by atoms with van der Waals surface area (Å²) in [5, 5.41) is 3.18. The molecule has 0 aromatic heterocycles. The normalized spacial score (nSPS) is 23.5. The van der Waals surface area contributed by atoms with Crippen molar-refractivity contribution in [2.75, 3.05) is 39.8 Å². The lowest BCUT2D eigenvalue weighted by molar-refractivity contribution is -0.127. The van der Waals surface area contributed by atoms with Crippen LogP contribution in [0.1, 0.15) is 37.7 Å². The molecule has 2 fully saturated rings. The largest absolute Gasteiger partial charge is 0.356 e. The summed E-state index contributed by atoms with van der Waals surface area (Å²) in [7, 11) is 2.21. The van der Waals surface area contributed by atoms with E-state index in [1.54, 1.807) is 0 Å². The fourth-order valence-corrected chi connectivity index (χ4v) is 4.21. The Balaban J connectivity index is 1.38. The van der Waals surface area contributed by atoms with Crippen LogP contribution in [0.2, 0.25) is 0 Å². The Bertz CT molecular complexity index is 525. The van der Waals surface area contributed by atoms with Crippen molar-refractivity contribution in [2.24, 2.45) is 5.92 Å². The van der Waals surface area contributed by atoms with Crippen LogP contribution in [-0.4, -0.2) is 61.5 Å². The van der Waals surface area contributed by atoms with Crippen molar-refractivity contribution >= 4 is 5.91 Å². The summed E-state index contributed by atoms with van der Waals surface area (Å²) in [5.41, 5.74) is 1.35. The lowest BCUT2D eigenvalue weighted by atomic mass is 9.93. The third-order valence-corrected chi connectivity index (χ3v) is 5.81. The van der Waals surface area contributed by atoms with E-state index in [1.165, 1.54) is 38.0 Å². The van der Waals surface area contributed by atoms with Crippen molar-refractivity contribution in [1.82, 2.24) is 15.1 Å². The van der Waals surface area contributed by atoms with Gasteiger partial charge in [0.25, 0.3) is 0 Å². The van der Waals surface area contributed by atoms with E-state index < -0.39 is 0 Å². The molecule has 138 valence electrons. The second-order valence-corrected chi connectivity index (χ2v) is 7.75. The van der Waals surface area contributed by atoms with Crippen LogP contribution in [0.3, 0.4) is 0 Å². The summed E-state index contributed by atoms with van der Waals surface area (Å²) in [6.45, 7) is 5.30. The second-order valence-electron chi connectivity index (χ2n) is 7.75. The number of carbonyl (C=O) groups excluding carboxylic acids is 1.